The van der Waals surface area contributed by atoms with E-state index >= 15 is 0 Å². The van der Waals surface area contributed by atoms with E-state index in [0.717, 1.165) is 24.8 Å². The van der Waals surface area contributed by atoms with Crippen LogP contribution >= 0.6 is 0 Å². The Morgan fingerprint density at radius 1 is 1.00 bits per heavy atom. The molecule has 128 valence electrons. The van der Waals surface area contributed by atoms with Crippen molar-refractivity contribution in [3.63, 3.8) is 0 Å². The molecule has 2 aromatic carbocycles. The zero-order valence-electron chi connectivity index (χ0n) is 13.6. The second kappa shape index (κ2) is 6.81. The fourth-order valence-electron chi connectivity index (χ4n) is 2.97. The molecular weight excluding hydrogens is 327 g/mol. The van der Waals surface area contributed by atoms with Gasteiger partial charge < -0.3 is 4.90 Å². The van der Waals surface area contributed by atoms with Crippen LogP contribution in [0.2, 0.25) is 0 Å². The first-order chi connectivity index (χ1) is 11.5. The van der Waals surface area contributed by atoms with Crippen molar-refractivity contribution < 1.29 is 12.8 Å². The first kappa shape index (κ1) is 16.8. The monoisotopic (exact) mass is 348 g/mol. The number of sulfonamides is 1. The average Bonchev–Trinajstić information content (AvgIpc) is 2.58. The van der Waals surface area contributed by atoms with Gasteiger partial charge in [-0.15, -0.1) is 0 Å². The van der Waals surface area contributed by atoms with Gasteiger partial charge in [-0.3, -0.25) is 4.72 Å². The maximum absolute atomic E-state index is 13.4. The molecule has 0 unspecified atom stereocenters. The SMILES string of the molecule is Cc1ccc(F)cc1S(=O)(=O)Nc1ccc(N2CCCCC2)cc1. The van der Waals surface area contributed by atoms with Crippen LogP contribution in [-0.4, -0.2) is 21.5 Å². The quantitative estimate of drug-likeness (QED) is 0.911. The zero-order valence-corrected chi connectivity index (χ0v) is 14.4. The van der Waals surface area contributed by atoms with Gasteiger partial charge in [0.05, 0.1) is 4.90 Å². The molecule has 0 saturated carbocycles. The normalized spacial score (nSPS) is 15.3. The van der Waals surface area contributed by atoms with E-state index in [1.165, 1.54) is 31.4 Å². The molecule has 1 aliphatic heterocycles. The summed E-state index contributed by atoms with van der Waals surface area (Å²) >= 11 is 0. The van der Waals surface area contributed by atoms with E-state index in [9.17, 15) is 12.8 Å². The molecule has 0 aliphatic carbocycles. The average molecular weight is 348 g/mol. The maximum atomic E-state index is 13.4. The predicted octanol–water partition coefficient (Wildman–Crippen LogP) is 3.93. The van der Waals surface area contributed by atoms with Gasteiger partial charge in [0.15, 0.2) is 0 Å². The Labute approximate surface area is 142 Å². The minimum absolute atomic E-state index is 0.0393. The van der Waals surface area contributed by atoms with E-state index in [2.05, 4.69) is 9.62 Å². The summed E-state index contributed by atoms with van der Waals surface area (Å²) in [6.07, 6.45) is 3.64. The Balaban J connectivity index is 1.78. The Kier molecular flexibility index (Phi) is 4.76. The Morgan fingerprint density at radius 2 is 1.67 bits per heavy atom. The molecule has 3 rings (SSSR count). The van der Waals surface area contributed by atoms with Crippen molar-refractivity contribution in [2.24, 2.45) is 0 Å². The Morgan fingerprint density at radius 3 is 2.33 bits per heavy atom. The molecule has 0 radical (unpaired) electrons. The van der Waals surface area contributed by atoms with Gasteiger partial charge in [0.25, 0.3) is 10.0 Å². The van der Waals surface area contributed by atoms with Crippen LogP contribution < -0.4 is 9.62 Å². The molecule has 0 bridgehead atoms. The first-order valence-electron chi connectivity index (χ1n) is 8.10. The third-order valence-electron chi connectivity index (χ3n) is 4.28. The largest absolute Gasteiger partial charge is 0.372 e. The first-order valence-corrected chi connectivity index (χ1v) is 9.58. The van der Waals surface area contributed by atoms with Gasteiger partial charge in [-0.1, -0.05) is 6.07 Å². The lowest BCUT2D eigenvalue weighted by molar-refractivity contribution is 0.578. The van der Waals surface area contributed by atoms with Crippen molar-refractivity contribution in [1.29, 1.82) is 0 Å². The standard InChI is InChI=1S/C18H21FN2O2S/c1-14-5-6-15(19)13-18(14)24(22,23)20-16-7-9-17(10-8-16)21-11-3-2-4-12-21/h5-10,13,20H,2-4,11-12H2,1H3. The van der Waals surface area contributed by atoms with Crippen LogP contribution in [0.1, 0.15) is 24.8 Å². The number of hydrogen-bond donors (Lipinski definition) is 1. The minimum atomic E-state index is -3.81. The van der Waals surface area contributed by atoms with Gasteiger partial charge in [-0.05, 0) is 68.1 Å². The van der Waals surface area contributed by atoms with Gasteiger partial charge in [0, 0.05) is 24.5 Å². The van der Waals surface area contributed by atoms with E-state index in [1.807, 2.05) is 12.1 Å². The van der Waals surface area contributed by atoms with Crippen molar-refractivity contribution in [1.82, 2.24) is 0 Å². The van der Waals surface area contributed by atoms with Gasteiger partial charge in [0.2, 0.25) is 0 Å². The molecular formula is C18H21FN2O2S. The molecule has 4 nitrogen and oxygen atoms in total. The number of nitrogens with one attached hydrogen (secondary N) is 1. The van der Waals surface area contributed by atoms with E-state index in [1.54, 1.807) is 19.1 Å². The van der Waals surface area contributed by atoms with Crippen LogP contribution in [0.3, 0.4) is 0 Å². The van der Waals surface area contributed by atoms with Crippen molar-refractivity contribution in [2.75, 3.05) is 22.7 Å². The van der Waals surface area contributed by atoms with Crippen LogP contribution in [0.4, 0.5) is 15.8 Å². The van der Waals surface area contributed by atoms with Crippen LogP contribution in [0.5, 0.6) is 0 Å². The zero-order chi connectivity index (χ0) is 17.2. The highest BCUT2D eigenvalue weighted by molar-refractivity contribution is 7.92. The number of nitrogens with zero attached hydrogens (tertiary/aromatic N) is 1. The van der Waals surface area contributed by atoms with Gasteiger partial charge in [-0.25, -0.2) is 12.8 Å². The van der Waals surface area contributed by atoms with Crippen molar-refractivity contribution >= 4 is 21.4 Å². The fraction of sp³-hybridized carbons (Fsp3) is 0.333. The number of aryl methyl sites for hydroxylation is 1. The van der Waals surface area contributed by atoms with Crippen molar-refractivity contribution in [3.8, 4) is 0 Å². The third kappa shape index (κ3) is 3.70. The fourth-order valence-corrected chi connectivity index (χ4v) is 4.28. The molecule has 0 aromatic heterocycles. The minimum Gasteiger partial charge on any atom is -0.372 e. The van der Waals surface area contributed by atoms with Gasteiger partial charge in [-0.2, -0.15) is 0 Å². The summed E-state index contributed by atoms with van der Waals surface area (Å²) in [6.45, 7) is 3.72. The smallest absolute Gasteiger partial charge is 0.262 e. The van der Waals surface area contributed by atoms with Crippen LogP contribution in [0.15, 0.2) is 47.4 Å². The van der Waals surface area contributed by atoms with E-state index < -0.39 is 15.8 Å². The summed E-state index contributed by atoms with van der Waals surface area (Å²) in [5, 5.41) is 0. The summed E-state index contributed by atoms with van der Waals surface area (Å²) in [6, 6.07) is 11.1. The summed E-state index contributed by atoms with van der Waals surface area (Å²) < 4.78 is 40.8. The molecule has 0 amide bonds. The lowest BCUT2D eigenvalue weighted by Crippen LogP contribution is -2.29. The van der Waals surface area contributed by atoms with E-state index in [0.29, 0.717) is 11.3 Å². The summed E-state index contributed by atoms with van der Waals surface area (Å²) in [7, 11) is -3.81. The summed E-state index contributed by atoms with van der Waals surface area (Å²) in [5.74, 6) is -0.568. The molecule has 2 aromatic rings. The number of rotatable bonds is 4. The highest BCUT2D eigenvalue weighted by Gasteiger charge is 2.18. The molecule has 1 aliphatic rings. The summed E-state index contributed by atoms with van der Waals surface area (Å²) in [5.41, 5.74) is 2.08. The predicted molar refractivity (Wildman–Crippen MR) is 94.5 cm³/mol. The molecule has 0 spiro atoms. The molecule has 1 saturated heterocycles. The number of benzene rings is 2. The Hall–Kier alpha value is -2.08. The molecule has 1 fully saturated rings. The lowest BCUT2D eigenvalue weighted by atomic mass is 10.1. The molecule has 1 N–H and O–H groups in total. The number of piperidine rings is 1. The van der Waals surface area contributed by atoms with Gasteiger partial charge in [0.1, 0.15) is 5.82 Å². The molecule has 24 heavy (non-hydrogen) atoms. The van der Waals surface area contributed by atoms with Crippen molar-refractivity contribution in [3.05, 3.63) is 53.8 Å². The van der Waals surface area contributed by atoms with Gasteiger partial charge >= 0.3 is 0 Å². The third-order valence-corrected chi connectivity index (χ3v) is 5.80. The van der Waals surface area contributed by atoms with Crippen LogP contribution in [0, 0.1) is 12.7 Å². The van der Waals surface area contributed by atoms with Crippen LogP contribution in [0.25, 0.3) is 0 Å². The Bertz CT molecular complexity index is 813. The van der Waals surface area contributed by atoms with E-state index in [4.69, 9.17) is 0 Å². The second-order valence-electron chi connectivity index (χ2n) is 6.11. The molecule has 0 atom stereocenters. The van der Waals surface area contributed by atoms with Crippen molar-refractivity contribution in [2.45, 2.75) is 31.1 Å². The maximum Gasteiger partial charge on any atom is 0.262 e. The van der Waals surface area contributed by atoms with Crippen LogP contribution in [-0.2, 0) is 10.0 Å². The highest BCUT2D eigenvalue weighted by atomic mass is 32.2. The lowest BCUT2D eigenvalue weighted by Gasteiger charge is -2.28. The summed E-state index contributed by atoms with van der Waals surface area (Å²) in [4.78, 5) is 2.26. The number of anilines is 2. The second-order valence-corrected chi connectivity index (χ2v) is 7.76. The topological polar surface area (TPSA) is 49.4 Å². The number of halogens is 1. The molecule has 6 heteroatoms. The number of hydrogen-bond acceptors (Lipinski definition) is 3. The van der Waals surface area contributed by atoms with E-state index in [-0.39, 0.29) is 4.90 Å². The highest BCUT2D eigenvalue weighted by Crippen LogP contribution is 2.24. The molecule has 1 heterocycles.